The van der Waals surface area contributed by atoms with Gasteiger partial charge in [0.05, 0.1) is 39.2 Å². The second kappa shape index (κ2) is 17.7. The number of carboxylic acid groups (broad SMARTS) is 2. The van der Waals surface area contributed by atoms with Crippen LogP contribution in [0.25, 0.3) is 0 Å². The third kappa shape index (κ3) is 15.7. The number of unbranched alkanes of at least 4 members (excludes halogenated alkanes) is 2. The fraction of sp³-hybridized carbons (Fsp3) is 0.737. The van der Waals surface area contributed by atoms with Crippen molar-refractivity contribution in [2.45, 2.75) is 51.4 Å². The molecule has 8 nitrogen and oxygen atoms in total. The molecule has 1 unspecified atom stereocenters. The summed E-state index contributed by atoms with van der Waals surface area (Å²) in [5.41, 5.74) is 0. The summed E-state index contributed by atoms with van der Waals surface area (Å²) in [4.78, 5) is 33.4. The van der Waals surface area contributed by atoms with Crippen molar-refractivity contribution in [3.05, 3.63) is 12.7 Å². The number of nitrogens with zero attached hydrogens (tertiary/aromatic N) is 1. The van der Waals surface area contributed by atoms with Crippen molar-refractivity contribution in [1.29, 1.82) is 0 Å². The predicted molar refractivity (Wildman–Crippen MR) is 99.6 cm³/mol. The van der Waals surface area contributed by atoms with Gasteiger partial charge >= 0.3 is 24.8 Å². The molecule has 156 valence electrons. The molecule has 0 saturated heterocycles. The van der Waals surface area contributed by atoms with Crippen molar-refractivity contribution in [2.75, 3.05) is 39.3 Å². The molecular formula is C19H34LiN2O6+. The number of rotatable bonds is 18. The Balaban J connectivity index is 0. The minimum Gasteiger partial charge on any atom is -0.550 e. The van der Waals surface area contributed by atoms with Crippen molar-refractivity contribution >= 4 is 17.8 Å². The van der Waals surface area contributed by atoms with Crippen LogP contribution >= 0.6 is 0 Å². The van der Waals surface area contributed by atoms with Crippen LogP contribution < -0.4 is 29.3 Å². The molecule has 0 aromatic rings. The van der Waals surface area contributed by atoms with Crippen molar-refractivity contribution in [1.82, 2.24) is 5.32 Å². The normalized spacial score (nSPS) is 12.5. The number of carbonyl (C=O) groups is 3. The van der Waals surface area contributed by atoms with Gasteiger partial charge in [0.15, 0.2) is 0 Å². The summed E-state index contributed by atoms with van der Waals surface area (Å²) in [5, 5.41) is 31.8. The maximum absolute atomic E-state index is 11.9. The number of carbonyl (C=O) groups excluding carboxylic acids is 2. The minimum atomic E-state index is -1.13. The molecule has 0 fully saturated rings. The molecule has 3 N–H and O–H groups in total. The van der Waals surface area contributed by atoms with Gasteiger partial charge in [-0.3, -0.25) is 9.59 Å². The van der Waals surface area contributed by atoms with E-state index in [9.17, 15) is 24.6 Å². The average molecular weight is 393 g/mol. The number of quaternary nitrogens is 1. The van der Waals surface area contributed by atoms with Crippen LogP contribution in [0.15, 0.2) is 12.7 Å². The molecular weight excluding hydrogens is 359 g/mol. The van der Waals surface area contributed by atoms with E-state index in [0.29, 0.717) is 56.5 Å². The molecule has 0 bridgehead atoms. The SMILES string of the molecule is C=CCCCCC(=O)NCC[N+](CCO)(CCCC(=O)[O-])CCCC(=O)O.[Li+]. The van der Waals surface area contributed by atoms with E-state index in [4.69, 9.17) is 5.11 Å². The maximum Gasteiger partial charge on any atom is 1.00 e. The summed E-state index contributed by atoms with van der Waals surface area (Å²) < 4.78 is 0.383. The number of amides is 1. The Morgan fingerprint density at radius 3 is 2.14 bits per heavy atom. The first-order valence-electron chi connectivity index (χ1n) is 9.60. The Kier molecular flexibility index (Phi) is 18.3. The van der Waals surface area contributed by atoms with E-state index in [2.05, 4.69) is 11.9 Å². The zero-order valence-electron chi connectivity index (χ0n) is 17.2. The quantitative estimate of drug-likeness (QED) is 0.0990. The summed E-state index contributed by atoms with van der Waals surface area (Å²) in [6.07, 6.45) is 5.59. The Hall–Kier alpha value is -1.33. The Bertz CT molecular complexity index is 453. The van der Waals surface area contributed by atoms with E-state index in [-0.39, 0.29) is 44.2 Å². The minimum absolute atomic E-state index is 0. The average Bonchev–Trinajstić information content (AvgIpc) is 2.58. The Labute approximate surface area is 179 Å². The van der Waals surface area contributed by atoms with Crippen molar-refractivity contribution in [2.24, 2.45) is 0 Å². The fourth-order valence-corrected chi connectivity index (χ4v) is 3.10. The van der Waals surface area contributed by atoms with E-state index in [1.807, 2.05) is 6.08 Å². The van der Waals surface area contributed by atoms with Gasteiger partial charge in [-0.05, 0) is 25.7 Å². The van der Waals surface area contributed by atoms with Gasteiger partial charge in [-0.15, -0.1) is 6.58 Å². The summed E-state index contributed by atoms with van der Waals surface area (Å²) in [5.74, 6) is -2.06. The molecule has 1 amide bonds. The first kappa shape index (κ1) is 28.9. The molecule has 28 heavy (non-hydrogen) atoms. The number of aliphatic hydroxyl groups is 1. The molecule has 0 aliphatic carbocycles. The number of aliphatic carboxylic acids is 2. The molecule has 0 aromatic carbocycles. The first-order chi connectivity index (χ1) is 12.8. The van der Waals surface area contributed by atoms with E-state index >= 15 is 0 Å². The largest absolute Gasteiger partial charge is 1.00 e. The zero-order valence-corrected chi connectivity index (χ0v) is 17.2. The predicted octanol–water partition coefficient (Wildman–Crippen LogP) is -2.94. The molecule has 1 atom stereocenters. The molecule has 9 heteroatoms. The van der Waals surface area contributed by atoms with Gasteiger partial charge in [0.25, 0.3) is 0 Å². The standard InChI is InChI=1S/C19H34N2O6.Li/c1-2-3-4-5-8-17(23)20-11-14-21(15-16-22,12-6-9-18(24)25)13-7-10-19(26)27;/h2,22H,1,3-16H2,(H2-,20,23,24,25,26,27);/q;+1. The molecule has 0 radical (unpaired) electrons. The van der Waals surface area contributed by atoms with Crippen LogP contribution in [0.2, 0.25) is 0 Å². The van der Waals surface area contributed by atoms with Crippen molar-refractivity contribution in [3.8, 4) is 0 Å². The van der Waals surface area contributed by atoms with Crippen molar-refractivity contribution in [3.63, 3.8) is 0 Å². The van der Waals surface area contributed by atoms with Gasteiger partial charge in [0.1, 0.15) is 6.54 Å². The first-order valence-corrected chi connectivity index (χ1v) is 9.60. The Morgan fingerprint density at radius 2 is 1.61 bits per heavy atom. The number of carboxylic acids is 2. The summed E-state index contributed by atoms with van der Waals surface area (Å²) in [6.45, 7) is 5.86. The van der Waals surface area contributed by atoms with Gasteiger partial charge in [-0.2, -0.15) is 0 Å². The second-order valence-corrected chi connectivity index (χ2v) is 6.82. The van der Waals surface area contributed by atoms with Crippen LogP contribution in [0.3, 0.4) is 0 Å². The Morgan fingerprint density at radius 1 is 0.964 bits per heavy atom. The zero-order chi connectivity index (χ0) is 20.5. The number of nitrogens with one attached hydrogen (secondary N) is 1. The van der Waals surface area contributed by atoms with Gasteiger partial charge in [0, 0.05) is 25.2 Å². The van der Waals surface area contributed by atoms with Crippen LogP contribution in [-0.2, 0) is 14.4 Å². The number of aliphatic hydroxyl groups excluding tert-OH is 1. The maximum atomic E-state index is 11.9. The molecule has 0 rings (SSSR count). The summed E-state index contributed by atoms with van der Waals surface area (Å²) in [6, 6.07) is 0. The molecule has 0 aliphatic heterocycles. The summed E-state index contributed by atoms with van der Waals surface area (Å²) in [7, 11) is 0. The van der Waals surface area contributed by atoms with E-state index in [1.165, 1.54) is 0 Å². The van der Waals surface area contributed by atoms with Crippen LogP contribution in [-0.4, -0.2) is 71.9 Å². The molecule has 0 spiro atoms. The number of hydrogen-bond donors (Lipinski definition) is 3. The van der Waals surface area contributed by atoms with Crippen LogP contribution in [0.1, 0.15) is 51.4 Å². The van der Waals surface area contributed by atoms with Crippen LogP contribution in [0.4, 0.5) is 0 Å². The van der Waals surface area contributed by atoms with E-state index in [1.54, 1.807) is 0 Å². The smallest absolute Gasteiger partial charge is 0.550 e. The number of allylic oxidation sites excluding steroid dienone is 1. The molecule has 0 aliphatic rings. The molecule has 0 aromatic heterocycles. The van der Waals surface area contributed by atoms with Crippen LogP contribution in [0.5, 0.6) is 0 Å². The van der Waals surface area contributed by atoms with Crippen molar-refractivity contribution < 1.29 is 53.0 Å². The third-order valence-electron chi connectivity index (χ3n) is 4.58. The number of hydrogen-bond acceptors (Lipinski definition) is 5. The van der Waals surface area contributed by atoms with E-state index < -0.39 is 11.9 Å². The summed E-state index contributed by atoms with van der Waals surface area (Å²) >= 11 is 0. The molecule has 0 saturated carbocycles. The topological polar surface area (TPSA) is 127 Å². The monoisotopic (exact) mass is 393 g/mol. The van der Waals surface area contributed by atoms with Gasteiger partial charge in [0.2, 0.25) is 5.91 Å². The van der Waals surface area contributed by atoms with E-state index in [0.717, 1.165) is 19.3 Å². The van der Waals surface area contributed by atoms with Gasteiger partial charge < -0.3 is 29.9 Å². The van der Waals surface area contributed by atoms with Crippen LogP contribution in [0, 0.1) is 0 Å². The second-order valence-electron chi connectivity index (χ2n) is 6.82. The fourth-order valence-electron chi connectivity index (χ4n) is 3.10. The van der Waals surface area contributed by atoms with Gasteiger partial charge in [-0.1, -0.05) is 6.08 Å². The molecule has 0 heterocycles. The van der Waals surface area contributed by atoms with Gasteiger partial charge in [-0.25, -0.2) is 0 Å². The third-order valence-corrected chi connectivity index (χ3v) is 4.58.